The van der Waals surface area contributed by atoms with Gasteiger partial charge >= 0.3 is 0 Å². The van der Waals surface area contributed by atoms with Crippen LogP contribution in [-0.2, 0) is 11.2 Å². The first-order chi connectivity index (χ1) is 10.7. The van der Waals surface area contributed by atoms with E-state index in [1.54, 1.807) is 0 Å². The highest BCUT2D eigenvalue weighted by Gasteiger charge is 2.01. The van der Waals surface area contributed by atoms with Crippen molar-refractivity contribution in [3.8, 4) is 0 Å². The standard InChI is InChI=1S/C17H18N4O/c1-12(22)19-14-8-6-13(7-9-14)10-11-18-17-20-15-4-2-3-5-16(15)21-17/h2-9H,10-11H2,1H3,(H,19,22)(H2,18,20,21). The second kappa shape index (κ2) is 6.30. The fraction of sp³-hybridized carbons (Fsp3) is 0.176. The highest BCUT2D eigenvalue weighted by Crippen LogP contribution is 2.14. The maximum absolute atomic E-state index is 11.0. The van der Waals surface area contributed by atoms with E-state index in [0.29, 0.717) is 0 Å². The molecule has 3 rings (SSSR count). The number of rotatable bonds is 5. The molecule has 22 heavy (non-hydrogen) atoms. The lowest BCUT2D eigenvalue weighted by Gasteiger charge is -2.05. The van der Waals surface area contributed by atoms with Crippen LogP contribution < -0.4 is 10.6 Å². The van der Waals surface area contributed by atoms with Crippen LogP contribution in [0.2, 0.25) is 0 Å². The number of fused-ring (bicyclic) bond motifs is 1. The zero-order chi connectivity index (χ0) is 15.4. The average Bonchev–Trinajstić information content (AvgIpc) is 2.91. The van der Waals surface area contributed by atoms with E-state index in [4.69, 9.17) is 0 Å². The normalized spacial score (nSPS) is 10.6. The molecule has 0 unspecified atom stereocenters. The predicted molar refractivity (Wildman–Crippen MR) is 89.0 cm³/mol. The lowest BCUT2D eigenvalue weighted by atomic mass is 10.1. The number of aromatic nitrogens is 2. The van der Waals surface area contributed by atoms with Gasteiger partial charge in [-0.25, -0.2) is 4.98 Å². The van der Waals surface area contributed by atoms with Gasteiger partial charge in [0.2, 0.25) is 11.9 Å². The van der Waals surface area contributed by atoms with Crippen molar-refractivity contribution in [2.24, 2.45) is 0 Å². The summed E-state index contributed by atoms with van der Waals surface area (Å²) in [7, 11) is 0. The number of anilines is 2. The Balaban J connectivity index is 1.55. The molecule has 0 spiro atoms. The van der Waals surface area contributed by atoms with Crippen molar-refractivity contribution in [1.82, 2.24) is 9.97 Å². The summed E-state index contributed by atoms with van der Waals surface area (Å²) in [6.45, 7) is 2.30. The maximum atomic E-state index is 11.0. The largest absolute Gasteiger partial charge is 0.355 e. The lowest BCUT2D eigenvalue weighted by molar-refractivity contribution is -0.114. The molecule has 1 aromatic heterocycles. The molecule has 0 saturated heterocycles. The van der Waals surface area contributed by atoms with Crippen LogP contribution in [0.25, 0.3) is 11.0 Å². The van der Waals surface area contributed by atoms with Gasteiger partial charge in [0.1, 0.15) is 0 Å². The van der Waals surface area contributed by atoms with Crippen LogP contribution >= 0.6 is 0 Å². The number of para-hydroxylation sites is 2. The number of carbonyl (C=O) groups excluding carboxylic acids is 1. The third kappa shape index (κ3) is 3.44. The molecule has 0 radical (unpaired) electrons. The number of aromatic amines is 1. The van der Waals surface area contributed by atoms with Gasteiger partial charge in [-0.1, -0.05) is 24.3 Å². The van der Waals surface area contributed by atoms with Crippen molar-refractivity contribution in [3.63, 3.8) is 0 Å². The molecule has 3 aromatic rings. The molecule has 112 valence electrons. The maximum Gasteiger partial charge on any atom is 0.221 e. The van der Waals surface area contributed by atoms with E-state index in [2.05, 4.69) is 20.6 Å². The molecule has 0 bridgehead atoms. The Morgan fingerprint density at radius 2 is 1.91 bits per heavy atom. The van der Waals surface area contributed by atoms with E-state index in [0.717, 1.165) is 35.6 Å². The summed E-state index contributed by atoms with van der Waals surface area (Å²) in [5, 5.41) is 6.05. The molecule has 0 aliphatic heterocycles. The summed E-state index contributed by atoms with van der Waals surface area (Å²) in [6, 6.07) is 15.8. The quantitative estimate of drug-likeness (QED) is 0.677. The first-order valence-electron chi connectivity index (χ1n) is 7.26. The summed E-state index contributed by atoms with van der Waals surface area (Å²) in [5.74, 6) is 0.732. The predicted octanol–water partition coefficient (Wildman–Crippen LogP) is 3.18. The van der Waals surface area contributed by atoms with Gasteiger partial charge in [-0.2, -0.15) is 0 Å². The van der Waals surface area contributed by atoms with Gasteiger partial charge < -0.3 is 15.6 Å². The second-order valence-electron chi connectivity index (χ2n) is 5.16. The summed E-state index contributed by atoms with van der Waals surface area (Å²) >= 11 is 0. The minimum Gasteiger partial charge on any atom is -0.355 e. The van der Waals surface area contributed by atoms with Crippen LogP contribution in [0.15, 0.2) is 48.5 Å². The van der Waals surface area contributed by atoms with E-state index >= 15 is 0 Å². The first kappa shape index (κ1) is 14.1. The van der Waals surface area contributed by atoms with Gasteiger partial charge in [0.25, 0.3) is 0 Å². The fourth-order valence-electron chi connectivity index (χ4n) is 2.32. The van der Waals surface area contributed by atoms with Crippen LogP contribution in [0.5, 0.6) is 0 Å². The van der Waals surface area contributed by atoms with Gasteiger partial charge in [0.05, 0.1) is 11.0 Å². The number of hydrogen-bond donors (Lipinski definition) is 3. The number of nitrogens with one attached hydrogen (secondary N) is 3. The van der Waals surface area contributed by atoms with Crippen LogP contribution in [0.4, 0.5) is 11.6 Å². The van der Waals surface area contributed by atoms with Gasteiger partial charge in [-0.3, -0.25) is 4.79 Å². The molecule has 3 N–H and O–H groups in total. The highest BCUT2D eigenvalue weighted by molar-refractivity contribution is 5.88. The van der Waals surface area contributed by atoms with Crippen LogP contribution in [0, 0.1) is 0 Å². The molecule has 0 aliphatic rings. The van der Waals surface area contributed by atoms with E-state index in [1.807, 2.05) is 48.5 Å². The van der Waals surface area contributed by atoms with Crippen molar-refractivity contribution in [1.29, 1.82) is 0 Å². The Bertz CT molecular complexity index is 744. The van der Waals surface area contributed by atoms with Gasteiger partial charge in [-0.05, 0) is 36.2 Å². The molecule has 1 amide bonds. The Morgan fingerprint density at radius 3 is 2.64 bits per heavy atom. The van der Waals surface area contributed by atoms with Crippen molar-refractivity contribution in [3.05, 3.63) is 54.1 Å². The van der Waals surface area contributed by atoms with Crippen molar-refractivity contribution >= 4 is 28.6 Å². The van der Waals surface area contributed by atoms with Gasteiger partial charge in [0, 0.05) is 19.2 Å². The summed E-state index contributed by atoms with van der Waals surface area (Å²) in [5.41, 5.74) is 4.02. The number of imidazole rings is 1. The molecule has 5 nitrogen and oxygen atoms in total. The highest BCUT2D eigenvalue weighted by atomic mass is 16.1. The Kier molecular flexibility index (Phi) is 4.05. The minimum atomic E-state index is -0.0562. The Hall–Kier alpha value is -2.82. The zero-order valence-corrected chi connectivity index (χ0v) is 12.4. The molecular formula is C17H18N4O. The third-order valence-corrected chi connectivity index (χ3v) is 3.37. The molecule has 2 aromatic carbocycles. The number of benzene rings is 2. The molecule has 5 heteroatoms. The molecule has 0 saturated carbocycles. The number of nitrogens with zero attached hydrogens (tertiary/aromatic N) is 1. The third-order valence-electron chi connectivity index (χ3n) is 3.37. The summed E-state index contributed by atoms with van der Waals surface area (Å²) in [4.78, 5) is 18.7. The molecular weight excluding hydrogens is 276 g/mol. The van der Waals surface area contributed by atoms with Crippen molar-refractivity contribution in [2.45, 2.75) is 13.3 Å². The molecule has 1 heterocycles. The monoisotopic (exact) mass is 294 g/mol. The Labute approximate surface area is 128 Å². The van der Waals surface area contributed by atoms with Gasteiger partial charge in [-0.15, -0.1) is 0 Å². The number of hydrogen-bond acceptors (Lipinski definition) is 3. The van der Waals surface area contributed by atoms with E-state index in [9.17, 15) is 4.79 Å². The van der Waals surface area contributed by atoms with Crippen LogP contribution in [-0.4, -0.2) is 22.4 Å². The zero-order valence-electron chi connectivity index (χ0n) is 12.4. The van der Waals surface area contributed by atoms with E-state index in [1.165, 1.54) is 12.5 Å². The fourth-order valence-corrected chi connectivity index (χ4v) is 2.32. The molecule has 0 fully saturated rings. The molecule has 0 aliphatic carbocycles. The van der Waals surface area contributed by atoms with Crippen molar-refractivity contribution < 1.29 is 4.79 Å². The lowest BCUT2D eigenvalue weighted by Crippen LogP contribution is -2.07. The first-order valence-corrected chi connectivity index (χ1v) is 7.26. The van der Waals surface area contributed by atoms with Crippen molar-refractivity contribution in [2.75, 3.05) is 17.2 Å². The number of carbonyl (C=O) groups is 1. The minimum absolute atomic E-state index is 0.0562. The second-order valence-corrected chi connectivity index (χ2v) is 5.16. The van der Waals surface area contributed by atoms with Crippen LogP contribution in [0.3, 0.4) is 0 Å². The summed E-state index contributed by atoms with van der Waals surface area (Å²) in [6.07, 6.45) is 0.886. The topological polar surface area (TPSA) is 69.8 Å². The average molecular weight is 294 g/mol. The van der Waals surface area contributed by atoms with E-state index in [-0.39, 0.29) is 5.91 Å². The smallest absolute Gasteiger partial charge is 0.221 e. The SMILES string of the molecule is CC(=O)Nc1ccc(CCNc2nc3ccccc3[nH]2)cc1. The Morgan fingerprint density at radius 1 is 1.14 bits per heavy atom. The molecule has 0 atom stereocenters. The summed E-state index contributed by atoms with van der Waals surface area (Å²) < 4.78 is 0. The number of H-pyrrole nitrogens is 1. The van der Waals surface area contributed by atoms with Crippen LogP contribution in [0.1, 0.15) is 12.5 Å². The number of amides is 1. The van der Waals surface area contributed by atoms with E-state index < -0.39 is 0 Å². The van der Waals surface area contributed by atoms with Gasteiger partial charge in [0.15, 0.2) is 0 Å².